The van der Waals surface area contributed by atoms with Gasteiger partial charge in [0.15, 0.2) is 9.84 Å². The van der Waals surface area contributed by atoms with Crippen LogP contribution in [0.3, 0.4) is 0 Å². The number of hydrogen-bond donors (Lipinski definition) is 4. The molecule has 32 heavy (non-hydrogen) atoms. The second-order valence-corrected chi connectivity index (χ2v) is 11.4. The molecule has 0 bridgehead atoms. The minimum atomic E-state index is -4.69. The standard InChI is InChI=1S/C16H18N4O9S3/c1-10(21)18-14-8-13(17)16(32(27,28)29)9-15(14)20-19-11-2-4-12(5-3-11)30(22,23)6-7-31(24,25)26/h2-5,8-9H,6-7,17H2,1H3,(H,18,21)(H,24,25,26)(H,27,28,29). The van der Waals surface area contributed by atoms with Gasteiger partial charge in [-0.3, -0.25) is 13.9 Å². The van der Waals surface area contributed by atoms with E-state index in [-0.39, 0.29) is 27.6 Å². The summed E-state index contributed by atoms with van der Waals surface area (Å²) in [7, 11) is -13.1. The average Bonchev–Trinajstić information content (AvgIpc) is 2.64. The Labute approximate surface area is 183 Å². The third kappa shape index (κ3) is 7.06. The number of nitrogens with two attached hydrogens (primary N) is 1. The first-order valence-corrected chi connectivity index (χ1v) is 13.2. The number of carbonyl (C=O) groups excluding carboxylic acids is 1. The lowest BCUT2D eigenvalue weighted by molar-refractivity contribution is -0.114. The SMILES string of the molecule is CC(=O)Nc1cc(N)c(S(=O)(=O)O)cc1N=Nc1ccc(S(=O)(=O)CCS(=O)(=O)O)cc1. The lowest BCUT2D eigenvalue weighted by Gasteiger charge is -2.10. The average molecular weight is 507 g/mol. The predicted octanol–water partition coefficient (Wildman–Crippen LogP) is 1.55. The fraction of sp³-hybridized carbons (Fsp3) is 0.188. The topological polar surface area (TPSA) is 223 Å². The maximum atomic E-state index is 12.1. The molecule has 0 unspecified atom stereocenters. The van der Waals surface area contributed by atoms with Gasteiger partial charge in [-0.15, -0.1) is 5.11 Å². The molecular weight excluding hydrogens is 488 g/mol. The van der Waals surface area contributed by atoms with E-state index in [1.54, 1.807) is 0 Å². The fourth-order valence-corrected chi connectivity index (χ4v) is 5.47. The van der Waals surface area contributed by atoms with Crippen LogP contribution in [0.4, 0.5) is 22.7 Å². The monoisotopic (exact) mass is 506 g/mol. The Morgan fingerprint density at radius 1 is 0.969 bits per heavy atom. The molecule has 0 saturated carbocycles. The lowest BCUT2D eigenvalue weighted by atomic mass is 10.2. The van der Waals surface area contributed by atoms with Crippen molar-refractivity contribution in [2.45, 2.75) is 16.7 Å². The van der Waals surface area contributed by atoms with Gasteiger partial charge < -0.3 is 11.1 Å². The predicted molar refractivity (Wildman–Crippen MR) is 114 cm³/mol. The normalized spacial score (nSPS) is 12.7. The molecule has 5 N–H and O–H groups in total. The third-order valence-corrected chi connectivity index (χ3v) is 7.42. The van der Waals surface area contributed by atoms with Crippen molar-refractivity contribution < 1.29 is 39.2 Å². The van der Waals surface area contributed by atoms with Crippen LogP contribution >= 0.6 is 0 Å². The largest absolute Gasteiger partial charge is 0.398 e. The molecule has 16 heteroatoms. The van der Waals surface area contributed by atoms with Crippen molar-refractivity contribution in [3.63, 3.8) is 0 Å². The summed E-state index contributed by atoms with van der Waals surface area (Å²) in [5.74, 6) is -2.30. The number of anilines is 2. The molecule has 2 aromatic rings. The molecule has 0 spiro atoms. The van der Waals surface area contributed by atoms with E-state index in [4.69, 9.17) is 10.3 Å². The number of nitrogen functional groups attached to an aromatic ring is 1. The van der Waals surface area contributed by atoms with E-state index in [0.29, 0.717) is 0 Å². The smallest absolute Gasteiger partial charge is 0.296 e. The van der Waals surface area contributed by atoms with Gasteiger partial charge in [-0.05, 0) is 36.4 Å². The number of nitrogens with zero attached hydrogens (tertiary/aromatic N) is 2. The Bertz CT molecular complexity index is 1380. The zero-order chi connectivity index (χ0) is 24.3. The summed E-state index contributed by atoms with van der Waals surface area (Å²) >= 11 is 0. The summed E-state index contributed by atoms with van der Waals surface area (Å²) in [6.07, 6.45) is 0. The molecule has 13 nitrogen and oxygen atoms in total. The van der Waals surface area contributed by atoms with Crippen molar-refractivity contribution in [3.8, 4) is 0 Å². The van der Waals surface area contributed by atoms with E-state index >= 15 is 0 Å². The fourth-order valence-electron chi connectivity index (χ4n) is 2.35. The van der Waals surface area contributed by atoms with Crippen molar-refractivity contribution in [2.75, 3.05) is 22.6 Å². The molecule has 2 rings (SSSR count). The van der Waals surface area contributed by atoms with Crippen molar-refractivity contribution in [1.82, 2.24) is 0 Å². The molecule has 2 aromatic carbocycles. The minimum absolute atomic E-state index is 0.00978. The number of nitrogens with one attached hydrogen (secondary N) is 1. The first kappa shape index (κ1) is 25.3. The van der Waals surface area contributed by atoms with Crippen molar-refractivity contribution in [2.24, 2.45) is 10.2 Å². The van der Waals surface area contributed by atoms with E-state index < -0.39 is 52.4 Å². The summed E-state index contributed by atoms with van der Waals surface area (Å²) in [5, 5.41) is 10.0. The Kier molecular flexibility index (Phi) is 7.36. The van der Waals surface area contributed by atoms with Gasteiger partial charge in [0.2, 0.25) is 5.91 Å². The van der Waals surface area contributed by atoms with Gasteiger partial charge >= 0.3 is 0 Å². The first-order chi connectivity index (χ1) is 14.6. The van der Waals surface area contributed by atoms with E-state index in [2.05, 4.69) is 15.5 Å². The van der Waals surface area contributed by atoms with Crippen molar-refractivity contribution >= 4 is 58.7 Å². The van der Waals surface area contributed by atoms with Gasteiger partial charge in [0.05, 0.1) is 33.5 Å². The third-order valence-electron chi connectivity index (χ3n) is 3.80. The van der Waals surface area contributed by atoms with E-state index in [0.717, 1.165) is 24.3 Å². The number of azo groups is 1. The van der Waals surface area contributed by atoms with Gasteiger partial charge in [0, 0.05) is 6.92 Å². The number of benzene rings is 2. The Morgan fingerprint density at radius 3 is 2.06 bits per heavy atom. The van der Waals surface area contributed by atoms with Gasteiger partial charge in [-0.2, -0.15) is 21.9 Å². The van der Waals surface area contributed by atoms with E-state index in [9.17, 15) is 34.6 Å². The number of hydrogen-bond acceptors (Lipinski definition) is 10. The van der Waals surface area contributed by atoms with Crippen LogP contribution in [0.1, 0.15) is 6.92 Å². The van der Waals surface area contributed by atoms with Gasteiger partial charge in [-0.1, -0.05) is 0 Å². The zero-order valence-electron chi connectivity index (χ0n) is 16.3. The summed E-state index contributed by atoms with van der Waals surface area (Å²) < 4.78 is 86.7. The molecule has 0 fully saturated rings. The molecule has 0 atom stereocenters. The minimum Gasteiger partial charge on any atom is -0.398 e. The number of sulfone groups is 1. The van der Waals surface area contributed by atoms with Crippen molar-refractivity contribution in [1.29, 1.82) is 0 Å². The Morgan fingerprint density at radius 2 is 1.56 bits per heavy atom. The van der Waals surface area contributed by atoms with Crippen LogP contribution in [0.2, 0.25) is 0 Å². The molecule has 0 radical (unpaired) electrons. The Balaban J connectivity index is 2.37. The highest BCUT2D eigenvalue weighted by molar-refractivity contribution is 7.93. The summed E-state index contributed by atoms with van der Waals surface area (Å²) in [6.45, 7) is 1.19. The van der Waals surface area contributed by atoms with Crippen LogP contribution in [0, 0.1) is 0 Å². The number of rotatable bonds is 8. The van der Waals surface area contributed by atoms with Crippen LogP contribution in [0.5, 0.6) is 0 Å². The van der Waals surface area contributed by atoms with Gasteiger partial charge in [0.1, 0.15) is 10.6 Å². The highest BCUT2D eigenvalue weighted by Crippen LogP contribution is 2.34. The first-order valence-electron chi connectivity index (χ1n) is 8.47. The molecule has 0 aromatic heterocycles. The Hall–Kier alpha value is -2.92. The van der Waals surface area contributed by atoms with Crippen LogP contribution in [-0.2, 0) is 34.9 Å². The molecule has 0 heterocycles. The highest BCUT2D eigenvalue weighted by atomic mass is 32.2. The molecule has 0 saturated heterocycles. The second-order valence-electron chi connectivity index (χ2n) is 6.36. The lowest BCUT2D eigenvalue weighted by Crippen LogP contribution is -2.16. The molecule has 0 aliphatic heterocycles. The van der Waals surface area contributed by atoms with Crippen LogP contribution in [0.25, 0.3) is 0 Å². The zero-order valence-corrected chi connectivity index (χ0v) is 18.8. The summed E-state index contributed by atoms with van der Waals surface area (Å²) in [4.78, 5) is 10.5. The van der Waals surface area contributed by atoms with Crippen LogP contribution in [0.15, 0.2) is 56.4 Å². The number of amides is 1. The molecule has 0 aliphatic carbocycles. The maximum Gasteiger partial charge on any atom is 0.296 e. The highest BCUT2D eigenvalue weighted by Gasteiger charge is 2.19. The van der Waals surface area contributed by atoms with Crippen LogP contribution < -0.4 is 11.1 Å². The molecule has 0 aliphatic rings. The molecule has 1 amide bonds. The molecular formula is C16H18N4O9S3. The quantitative estimate of drug-likeness (QED) is 0.229. The van der Waals surface area contributed by atoms with Crippen molar-refractivity contribution in [3.05, 3.63) is 36.4 Å². The number of carbonyl (C=O) groups is 1. The van der Waals surface area contributed by atoms with Gasteiger partial charge in [-0.25, -0.2) is 8.42 Å². The van der Waals surface area contributed by atoms with Gasteiger partial charge in [0.25, 0.3) is 20.2 Å². The summed E-state index contributed by atoms with van der Waals surface area (Å²) in [6, 6.07) is 6.72. The maximum absolute atomic E-state index is 12.1. The molecule has 174 valence electrons. The second kappa shape index (κ2) is 9.29. The summed E-state index contributed by atoms with van der Waals surface area (Å²) in [5.41, 5.74) is 5.23. The van der Waals surface area contributed by atoms with E-state index in [1.165, 1.54) is 19.1 Å². The van der Waals surface area contributed by atoms with E-state index in [1.807, 2.05) is 0 Å². The van der Waals surface area contributed by atoms with Crippen LogP contribution in [-0.4, -0.2) is 51.8 Å².